The molecule has 1 unspecified atom stereocenters. The number of piperidine rings is 1. The molecule has 4 nitrogen and oxygen atoms in total. The van der Waals surface area contributed by atoms with E-state index in [1.807, 2.05) is 30.3 Å². The van der Waals surface area contributed by atoms with E-state index < -0.39 is 0 Å². The van der Waals surface area contributed by atoms with Crippen LogP contribution in [-0.4, -0.2) is 30.6 Å². The number of amides is 2. The highest BCUT2D eigenvalue weighted by Crippen LogP contribution is 2.23. The molecule has 1 fully saturated rings. The van der Waals surface area contributed by atoms with E-state index in [4.69, 9.17) is 0 Å². The summed E-state index contributed by atoms with van der Waals surface area (Å²) in [6.45, 7) is 3.86. The number of carbonyl (C=O) groups excluding carboxylic acids is 1. The second-order valence-electron chi connectivity index (χ2n) is 7.59. The Morgan fingerprint density at radius 2 is 1.75 bits per heavy atom. The number of anilines is 1. The molecule has 144 valence electrons. The summed E-state index contributed by atoms with van der Waals surface area (Å²) >= 11 is 0. The molecule has 4 heteroatoms. The van der Waals surface area contributed by atoms with Crippen molar-refractivity contribution in [2.75, 3.05) is 25.0 Å². The summed E-state index contributed by atoms with van der Waals surface area (Å²) in [4.78, 5) is 14.9. The molecule has 2 N–H and O–H groups in total. The summed E-state index contributed by atoms with van der Waals surface area (Å²) in [5.41, 5.74) is 2.20. The number of fused-ring (bicyclic) bond motifs is 1. The lowest BCUT2D eigenvalue weighted by atomic mass is 9.97. The number of hydrogen-bond acceptors (Lipinski definition) is 2. The summed E-state index contributed by atoms with van der Waals surface area (Å²) in [6.07, 6.45) is 2.35. The van der Waals surface area contributed by atoms with E-state index >= 15 is 0 Å². The van der Waals surface area contributed by atoms with Crippen molar-refractivity contribution in [3.8, 4) is 0 Å². The molecule has 0 bridgehead atoms. The van der Waals surface area contributed by atoms with Crippen LogP contribution in [0.5, 0.6) is 0 Å². The molecule has 0 aliphatic carbocycles. The van der Waals surface area contributed by atoms with Crippen molar-refractivity contribution in [3.63, 3.8) is 0 Å². The van der Waals surface area contributed by atoms with Crippen LogP contribution in [0.2, 0.25) is 0 Å². The molecule has 4 rings (SSSR count). The van der Waals surface area contributed by atoms with Gasteiger partial charge in [0, 0.05) is 25.0 Å². The van der Waals surface area contributed by atoms with Crippen molar-refractivity contribution < 1.29 is 4.79 Å². The van der Waals surface area contributed by atoms with Gasteiger partial charge in [0.25, 0.3) is 0 Å². The molecule has 1 aliphatic rings. The lowest BCUT2D eigenvalue weighted by molar-refractivity contribution is 0.166. The molecule has 0 radical (unpaired) electrons. The fraction of sp³-hybridized carbons (Fsp3) is 0.292. The summed E-state index contributed by atoms with van der Waals surface area (Å²) in [5, 5.41) is 8.28. The first-order chi connectivity index (χ1) is 13.8. The topological polar surface area (TPSA) is 44.4 Å². The minimum Gasteiger partial charge on any atom is -0.338 e. The number of urea groups is 1. The fourth-order valence-corrected chi connectivity index (χ4v) is 4.04. The van der Waals surface area contributed by atoms with Gasteiger partial charge in [-0.25, -0.2) is 4.79 Å². The maximum absolute atomic E-state index is 12.4. The van der Waals surface area contributed by atoms with Crippen LogP contribution in [0.15, 0.2) is 72.8 Å². The van der Waals surface area contributed by atoms with Gasteiger partial charge in [0.1, 0.15) is 0 Å². The smallest absolute Gasteiger partial charge is 0.319 e. The number of hydrogen-bond donors (Lipinski definition) is 2. The molecule has 1 heterocycles. The second-order valence-corrected chi connectivity index (χ2v) is 7.59. The number of benzene rings is 3. The third-order valence-corrected chi connectivity index (χ3v) is 5.44. The lowest BCUT2D eigenvalue weighted by Crippen LogP contribution is -2.41. The summed E-state index contributed by atoms with van der Waals surface area (Å²) in [6, 6.07) is 24.6. The lowest BCUT2D eigenvalue weighted by Gasteiger charge is -2.32. The van der Waals surface area contributed by atoms with E-state index in [-0.39, 0.29) is 6.03 Å². The average molecular weight is 374 g/mol. The normalized spacial score (nSPS) is 17.4. The number of carbonyl (C=O) groups is 1. The van der Waals surface area contributed by atoms with Crippen molar-refractivity contribution in [2.24, 2.45) is 5.92 Å². The maximum atomic E-state index is 12.4. The first-order valence-corrected chi connectivity index (χ1v) is 10.1. The molecular formula is C24H27N3O. The van der Waals surface area contributed by atoms with Gasteiger partial charge in [0.15, 0.2) is 0 Å². The van der Waals surface area contributed by atoms with Gasteiger partial charge >= 0.3 is 6.03 Å². The Morgan fingerprint density at radius 1 is 0.964 bits per heavy atom. The molecule has 0 saturated carbocycles. The molecule has 0 spiro atoms. The van der Waals surface area contributed by atoms with Gasteiger partial charge in [0.2, 0.25) is 0 Å². The Hall–Kier alpha value is -2.85. The van der Waals surface area contributed by atoms with Crippen LogP contribution in [0.4, 0.5) is 10.5 Å². The third kappa shape index (κ3) is 4.70. The van der Waals surface area contributed by atoms with E-state index in [0.717, 1.165) is 36.1 Å². The second kappa shape index (κ2) is 8.89. The van der Waals surface area contributed by atoms with E-state index in [9.17, 15) is 4.79 Å². The predicted molar refractivity (Wildman–Crippen MR) is 115 cm³/mol. The van der Waals surface area contributed by atoms with Gasteiger partial charge in [-0.05, 0) is 42.3 Å². The number of rotatable bonds is 5. The molecule has 2 amide bonds. The van der Waals surface area contributed by atoms with Crippen molar-refractivity contribution >= 4 is 22.5 Å². The minimum atomic E-state index is -0.128. The van der Waals surface area contributed by atoms with Gasteiger partial charge in [-0.1, -0.05) is 66.7 Å². The largest absolute Gasteiger partial charge is 0.338 e. The highest BCUT2D eigenvalue weighted by molar-refractivity contribution is 6.01. The molecule has 3 aromatic rings. The van der Waals surface area contributed by atoms with Gasteiger partial charge in [0.05, 0.1) is 5.69 Å². The van der Waals surface area contributed by atoms with Gasteiger partial charge in [-0.15, -0.1) is 0 Å². The SMILES string of the molecule is O=C(NCC1CCCN(Cc2ccccc2)C1)Nc1cccc2ccccc12. The monoisotopic (exact) mass is 373 g/mol. The standard InChI is InChI=1S/C24H27N3O/c28-24(26-23-14-6-12-21-11-4-5-13-22(21)23)25-16-20-10-7-15-27(18-20)17-19-8-2-1-3-9-19/h1-6,8-9,11-14,20H,7,10,15-18H2,(H2,25,26,28). The van der Waals surface area contributed by atoms with Crippen LogP contribution in [0, 0.1) is 5.92 Å². The van der Waals surface area contributed by atoms with E-state index in [1.54, 1.807) is 0 Å². The van der Waals surface area contributed by atoms with Crippen LogP contribution >= 0.6 is 0 Å². The van der Waals surface area contributed by atoms with Crippen LogP contribution in [-0.2, 0) is 6.54 Å². The van der Waals surface area contributed by atoms with E-state index in [0.29, 0.717) is 12.5 Å². The number of nitrogens with zero attached hydrogens (tertiary/aromatic N) is 1. The summed E-state index contributed by atoms with van der Waals surface area (Å²) in [7, 11) is 0. The predicted octanol–water partition coefficient (Wildman–Crippen LogP) is 4.87. The third-order valence-electron chi connectivity index (χ3n) is 5.44. The zero-order chi connectivity index (χ0) is 19.2. The molecule has 1 aliphatic heterocycles. The van der Waals surface area contributed by atoms with Crippen molar-refractivity contribution in [2.45, 2.75) is 19.4 Å². The first-order valence-electron chi connectivity index (χ1n) is 10.1. The van der Waals surface area contributed by atoms with Crippen molar-refractivity contribution in [1.29, 1.82) is 0 Å². The zero-order valence-corrected chi connectivity index (χ0v) is 16.1. The molecule has 28 heavy (non-hydrogen) atoms. The Kier molecular flexibility index (Phi) is 5.88. The van der Waals surface area contributed by atoms with E-state index in [2.05, 4.69) is 58.0 Å². The van der Waals surface area contributed by atoms with Gasteiger partial charge in [-0.2, -0.15) is 0 Å². The Labute approximate surface area is 166 Å². The van der Waals surface area contributed by atoms with Gasteiger partial charge in [-0.3, -0.25) is 4.90 Å². The first kappa shape index (κ1) is 18.5. The van der Waals surface area contributed by atoms with Crippen molar-refractivity contribution in [1.82, 2.24) is 10.2 Å². The highest BCUT2D eigenvalue weighted by Gasteiger charge is 2.20. The highest BCUT2D eigenvalue weighted by atomic mass is 16.2. The molecule has 1 saturated heterocycles. The molecular weight excluding hydrogens is 346 g/mol. The quantitative estimate of drug-likeness (QED) is 0.670. The van der Waals surface area contributed by atoms with Crippen molar-refractivity contribution in [3.05, 3.63) is 78.4 Å². The summed E-state index contributed by atoms with van der Waals surface area (Å²) in [5.74, 6) is 0.496. The van der Waals surface area contributed by atoms with Crippen LogP contribution in [0.3, 0.4) is 0 Å². The Bertz CT molecular complexity index is 920. The average Bonchev–Trinajstić information content (AvgIpc) is 2.74. The fourth-order valence-electron chi connectivity index (χ4n) is 4.04. The van der Waals surface area contributed by atoms with Crippen LogP contribution < -0.4 is 10.6 Å². The molecule has 1 atom stereocenters. The molecule has 0 aromatic heterocycles. The molecule has 3 aromatic carbocycles. The number of nitrogens with one attached hydrogen (secondary N) is 2. The zero-order valence-electron chi connectivity index (χ0n) is 16.1. The maximum Gasteiger partial charge on any atom is 0.319 e. The Balaban J connectivity index is 1.29. The minimum absolute atomic E-state index is 0.128. The van der Waals surface area contributed by atoms with E-state index in [1.165, 1.54) is 18.4 Å². The number of likely N-dealkylation sites (tertiary alicyclic amines) is 1. The van der Waals surface area contributed by atoms with Crippen LogP contribution in [0.1, 0.15) is 18.4 Å². The summed E-state index contributed by atoms with van der Waals surface area (Å²) < 4.78 is 0. The Morgan fingerprint density at radius 3 is 2.64 bits per heavy atom. The van der Waals surface area contributed by atoms with Gasteiger partial charge < -0.3 is 10.6 Å². The van der Waals surface area contributed by atoms with Crippen LogP contribution in [0.25, 0.3) is 10.8 Å².